The Kier molecular flexibility index (Phi) is 5.39. The van der Waals surface area contributed by atoms with Gasteiger partial charge in [0.25, 0.3) is 0 Å². The Bertz CT molecular complexity index is 856. The van der Waals surface area contributed by atoms with E-state index in [0.717, 1.165) is 11.3 Å². The number of amides is 3. The summed E-state index contributed by atoms with van der Waals surface area (Å²) in [5.74, 6) is -0.122. The summed E-state index contributed by atoms with van der Waals surface area (Å²) >= 11 is 11.9. The predicted octanol–water partition coefficient (Wildman–Crippen LogP) is 4.57. The quantitative estimate of drug-likeness (QED) is 0.814. The first-order chi connectivity index (χ1) is 12.4. The van der Waals surface area contributed by atoms with E-state index in [-0.39, 0.29) is 11.9 Å². The SMILES string of the molecule is Cc1cc(Cl)ccc1N1CCN(C(=O)Nc2cccc(Cl)c2)C(C)C1=O. The van der Waals surface area contributed by atoms with Crippen LogP contribution in [0.25, 0.3) is 0 Å². The van der Waals surface area contributed by atoms with Crippen molar-refractivity contribution < 1.29 is 9.59 Å². The van der Waals surface area contributed by atoms with Gasteiger partial charge < -0.3 is 15.1 Å². The number of anilines is 2. The Hall–Kier alpha value is -2.24. The van der Waals surface area contributed by atoms with Crippen LogP contribution in [0, 0.1) is 6.92 Å². The molecule has 7 heteroatoms. The number of nitrogens with zero attached hydrogens (tertiary/aromatic N) is 2. The fourth-order valence-electron chi connectivity index (χ4n) is 3.07. The van der Waals surface area contributed by atoms with Crippen LogP contribution in [0.4, 0.5) is 16.2 Å². The van der Waals surface area contributed by atoms with Crippen LogP contribution in [0.15, 0.2) is 42.5 Å². The molecule has 5 nitrogen and oxygen atoms in total. The van der Waals surface area contributed by atoms with Gasteiger partial charge in [0.15, 0.2) is 0 Å². The molecular weight excluding hydrogens is 373 g/mol. The molecule has 0 aromatic heterocycles. The smallest absolute Gasteiger partial charge is 0.311 e. The number of rotatable bonds is 2. The Morgan fingerprint density at radius 1 is 1.12 bits per heavy atom. The van der Waals surface area contributed by atoms with Crippen LogP contribution in [-0.4, -0.2) is 36.0 Å². The minimum absolute atomic E-state index is 0.122. The molecule has 0 aliphatic carbocycles. The number of hydrogen-bond donors (Lipinski definition) is 1. The van der Waals surface area contributed by atoms with E-state index in [4.69, 9.17) is 23.2 Å². The number of urea groups is 1. The summed E-state index contributed by atoms with van der Waals surface area (Å²) in [5.41, 5.74) is 2.34. The normalized spacial score (nSPS) is 17.4. The van der Waals surface area contributed by atoms with Crippen molar-refractivity contribution in [3.8, 4) is 0 Å². The van der Waals surface area contributed by atoms with Crippen molar-refractivity contribution in [2.75, 3.05) is 23.3 Å². The van der Waals surface area contributed by atoms with Crippen molar-refractivity contribution in [1.82, 2.24) is 4.90 Å². The highest BCUT2D eigenvalue weighted by atomic mass is 35.5. The van der Waals surface area contributed by atoms with Gasteiger partial charge in [-0.05, 0) is 55.8 Å². The Balaban J connectivity index is 1.74. The average molecular weight is 392 g/mol. The van der Waals surface area contributed by atoms with Gasteiger partial charge in [0.1, 0.15) is 6.04 Å². The standard InChI is InChI=1S/C19H19Cl2N3O2/c1-12-10-15(21)6-7-17(12)24-9-8-23(13(2)18(24)25)19(26)22-16-5-3-4-14(20)11-16/h3-7,10-11,13H,8-9H2,1-2H3,(H,22,26). The van der Waals surface area contributed by atoms with E-state index in [1.54, 1.807) is 42.2 Å². The highest BCUT2D eigenvalue weighted by molar-refractivity contribution is 6.31. The molecule has 0 saturated carbocycles. The van der Waals surface area contributed by atoms with Crippen LogP contribution in [0.2, 0.25) is 10.0 Å². The van der Waals surface area contributed by atoms with Crippen molar-refractivity contribution in [3.63, 3.8) is 0 Å². The molecule has 0 spiro atoms. The molecule has 2 aromatic rings. The third-order valence-electron chi connectivity index (χ3n) is 4.44. The van der Waals surface area contributed by atoms with Gasteiger partial charge in [-0.3, -0.25) is 4.79 Å². The zero-order valence-corrected chi connectivity index (χ0v) is 16.0. The lowest BCUT2D eigenvalue weighted by Crippen LogP contribution is -2.58. The second-order valence-corrected chi connectivity index (χ2v) is 7.10. The molecule has 3 amide bonds. The fraction of sp³-hybridized carbons (Fsp3) is 0.263. The van der Waals surface area contributed by atoms with Crippen LogP contribution in [0.3, 0.4) is 0 Å². The minimum Gasteiger partial charge on any atom is -0.311 e. The molecule has 136 valence electrons. The summed E-state index contributed by atoms with van der Waals surface area (Å²) in [4.78, 5) is 28.6. The van der Waals surface area contributed by atoms with Crippen molar-refractivity contribution in [3.05, 3.63) is 58.1 Å². The number of hydrogen-bond acceptors (Lipinski definition) is 2. The zero-order valence-electron chi connectivity index (χ0n) is 14.5. The lowest BCUT2D eigenvalue weighted by Gasteiger charge is -2.39. The summed E-state index contributed by atoms with van der Waals surface area (Å²) in [6.07, 6.45) is 0. The second-order valence-electron chi connectivity index (χ2n) is 6.23. The maximum atomic E-state index is 12.8. The van der Waals surface area contributed by atoms with E-state index in [9.17, 15) is 9.59 Å². The number of aryl methyl sites for hydroxylation is 1. The van der Waals surface area contributed by atoms with Gasteiger partial charge in [-0.25, -0.2) is 4.79 Å². The molecule has 2 aromatic carbocycles. The monoisotopic (exact) mass is 391 g/mol. The number of carbonyl (C=O) groups is 2. The van der Waals surface area contributed by atoms with Gasteiger partial charge in [-0.2, -0.15) is 0 Å². The fourth-order valence-corrected chi connectivity index (χ4v) is 3.49. The highest BCUT2D eigenvalue weighted by Gasteiger charge is 2.35. The molecule has 1 heterocycles. The van der Waals surface area contributed by atoms with E-state index in [1.165, 1.54) is 4.90 Å². The summed E-state index contributed by atoms with van der Waals surface area (Å²) in [6.45, 7) is 4.50. The van der Waals surface area contributed by atoms with E-state index in [0.29, 0.717) is 28.8 Å². The number of carbonyl (C=O) groups excluding carboxylic acids is 2. The van der Waals surface area contributed by atoms with Crippen LogP contribution in [-0.2, 0) is 4.79 Å². The molecule has 1 N–H and O–H groups in total. The molecular formula is C19H19Cl2N3O2. The van der Waals surface area contributed by atoms with E-state index in [2.05, 4.69) is 5.32 Å². The summed E-state index contributed by atoms with van der Waals surface area (Å²) < 4.78 is 0. The van der Waals surface area contributed by atoms with Gasteiger partial charge in [-0.15, -0.1) is 0 Å². The van der Waals surface area contributed by atoms with Crippen LogP contribution in [0.1, 0.15) is 12.5 Å². The zero-order chi connectivity index (χ0) is 18.8. The van der Waals surface area contributed by atoms with Crippen LogP contribution >= 0.6 is 23.2 Å². The summed E-state index contributed by atoms with van der Waals surface area (Å²) in [7, 11) is 0. The average Bonchev–Trinajstić information content (AvgIpc) is 2.58. The Morgan fingerprint density at radius 3 is 2.54 bits per heavy atom. The minimum atomic E-state index is -0.571. The topological polar surface area (TPSA) is 52.6 Å². The molecule has 0 bridgehead atoms. The Morgan fingerprint density at radius 2 is 1.85 bits per heavy atom. The van der Waals surface area contributed by atoms with Crippen molar-refractivity contribution >= 4 is 46.5 Å². The molecule has 26 heavy (non-hydrogen) atoms. The van der Waals surface area contributed by atoms with E-state index in [1.807, 2.05) is 19.1 Å². The van der Waals surface area contributed by atoms with Crippen LogP contribution in [0.5, 0.6) is 0 Å². The largest absolute Gasteiger partial charge is 0.322 e. The van der Waals surface area contributed by atoms with E-state index < -0.39 is 6.04 Å². The number of nitrogens with one attached hydrogen (secondary N) is 1. The van der Waals surface area contributed by atoms with Crippen molar-refractivity contribution in [1.29, 1.82) is 0 Å². The van der Waals surface area contributed by atoms with Gasteiger partial charge >= 0.3 is 6.03 Å². The van der Waals surface area contributed by atoms with Crippen molar-refractivity contribution in [2.24, 2.45) is 0 Å². The van der Waals surface area contributed by atoms with Gasteiger partial charge in [0.05, 0.1) is 0 Å². The Labute approximate surface area is 162 Å². The highest BCUT2D eigenvalue weighted by Crippen LogP contribution is 2.27. The van der Waals surface area contributed by atoms with Gasteiger partial charge in [0, 0.05) is 34.5 Å². The second kappa shape index (κ2) is 7.56. The van der Waals surface area contributed by atoms with Gasteiger partial charge in [0.2, 0.25) is 5.91 Å². The molecule has 1 unspecified atom stereocenters. The number of benzene rings is 2. The maximum absolute atomic E-state index is 12.8. The van der Waals surface area contributed by atoms with Gasteiger partial charge in [-0.1, -0.05) is 29.3 Å². The molecule has 0 radical (unpaired) electrons. The first kappa shape index (κ1) is 18.5. The molecule has 1 aliphatic heterocycles. The van der Waals surface area contributed by atoms with Crippen molar-refractivity contribution in [2.45, 2.75) is 19.9 Å². The van der Waals surface area contributed by atoms with Crippen LogP contribution < -0.4 is 10.2 Å². The number of halogens is 2. The maximum Gasteiger partial charge on any atom is 0.322 e. The third kappa shape index (κ3) is 3.79. The molecule has 1 saturated heterocycles. The molecule has 1 aliphatic rings. The summed E-state index contributed by atoms with van der Waals surface area (Å²) in [6, 6.07) is 11.4. The first-order valence-electron chi connectivity index (χ1n) is 8.27. The first-order valence-corrected chi connectivity index (χ1v) is 9.03. The molecule has 3 rings (SSSR count). The predicted molar refractivity (Wildman–Crippen MR) is 105 cm³/mol. The lowest BCUT2D eigenvalue weighted by molar-refractivity contribution is -0.123. The lowest BCUT2D eigenvalue weighted by atomic mass is 10.1. The van der Waals surface area contributed by atoms with E-state index >= 15 is 0 Å². The molecule has 1 atom stereocenters. The number of piperazine rings is 1. The molecule has 1 fully saturated rings. The third-order valence-corrected chi connectivity index (χ3v) is 4.91. The summed E-state index contributed by atoms with van der Waals surface area (Å²) in [5, 5.41) is 3.96.